The molecule has 102 valence electrons. The summed E-state index contributed by atoms with van der Waals surface area (Å²) in [5.74, 6) is 0. The minimum absolute atomic E-state index is 0.308. The standard InChI is InChI=1S/C11H8Br2F3N3/c12-4-3-8-6-19(18-17-8)10-5-7(11(14,15)16)1-2-9(10)13/h1-2,5-6H,3-4H2. The molecule has 0 bridgehead atoms. The second kappa shape index (κ2) is 5.62. The Morgan fingerprint density at radius 3 is 2.63 bits per heavy atom. The molecule has 0 spiro atoms. The Morgan fingerprint density at radius 2 is 2.00 bits per heavy atom. The maximum Gasteiger partial charge on any atom is 0.416 e. The van der Waals surface area contributed by atoms with Crippen LogP contribution in [0.4, 0.5) is 13.2 Å². The summed E-state index contributed by atoms with van der Waals surface area (Å²) in [7, 11) is 0. The first-order chi connectivity index (χ1) is 8.91. The predicted molar refractivity (Wildman–Crippen MR) is 71.6 cm³/mol. The van der Waals surface area contributed by atoms with Crippen LogP contribution in [0.3, 0.4) is 0 Å². The van der Waals surface area contributed by atoms with E-state index < -0.39 is 11.7 Å². The molecule has 1 heterocycles. The summed E-state index contributed by atoms with van der Waals surface area (Å²) in [4.78, 5) is 0. The lowest BCUT2D eigenvalue weighted by atomic mass is 10.2. The Labute approximate surface area is 124 Å². The van der Waals surface area contributed by atoms with Gasteiger partial charge in [-0.15, -0.1) is 5.10 Å². The maximum atomic E-state index is 12.7. The summed E-state index contributed by atoms with van der Waals surface area (Å²) in [6, 6.07) is 3.41. The Hall–Kier alpha value is -0.890. The van der Waals surface area contributed by atoms with Crippen molar-refractivity contribution in [2.24, 2.45) is 0 Å². The molecule has 0 saturated carbocycles. The van der Waals surface area contributed by atoms with E-state index in [1.54, 1.807) is 6.20 Å². The van der Waals surface area contributed by atoms with Gasteiger partial charge in [-0.3, -0.25) is 0 Å². The Balaban J connectivity index is 2.42. The van der Waals surface area contributed by atoms with Crippen LogP contribution in [0.2, 0.25) is 0 Å². The topological polar surface area (TPSA) is 30.7 Å². The van der Waals surface area contributed by atoms with Gasteiger partial charge in [0, 0.05) is 16.2 Å². The fourth-order valence-electron chi connectivity index (χ4n) is 1.49. The summed E-state index contributed by atoms with van der Waals surface area (Å²) in [5.41, 5.74) is 0.299. The molecule has 0 radical (unpaired) electrons. The van der Waals surface area contributed by atoms with Crippen molar-refractivity contribution in [2.75, 3.05) is 5.33 Å². The largest absolute Gasteiger partial charge is 0.416 e. The number of nitrogens with zero attached hydrogens (tertiary/aromatic N) is 3. The summed E-state index contributed by atoms with van der Waals surface area (Å²) < 4.78 is 39.9. The van der Waals surface area contributed by atoms with Crippen molar-refractivity contribution in [1.29, 1.82) is 0 Å². The molecular formula is C11H8Br2F3N3. The highest BCUT2D eigenvalue weighted by Crippen LogP contribution is 2.33. The van der Waals surface area contributed by atoms with Crippen LogP contribution in [0.1, 0.15) is 11.3 Å². The van der Waals surface area contributed by atoms with Gasteiger partial charge < -0.3 is 0 Å². The summed E-state index contributed by atoms with van der Waals surface area (Å²) >= 11 is 6.49. The number of aromatic nitrogens is 3. The van der Waals surface area contributed by atoms with Crippen molar-refractivity contribution >= 4 is 31.9 Å². The van der Waals surface area contributed by atoms with Gasteiger partial charge in [0.05, 0.1) is 23.1 Å². The average molecular weight is 399 g/mol. The van der Waals surface area contributed by atoms with Gasteiger partial charge in [-0.25, -0.2) is 4.68 Å². The van der Waals surface area contributed by atoms with E-state index in [0.717, 1.165) is 17.5 Å². The van der Waals surface area contributed by atoms with Crippen LogP contribution in [0.25, 0.3) is 5.69 Å². The Kier molecular flexibility index (Phi) is 4.29. The lowest BCUT2D eigenvalue weighted by Crippen LogP contribution is -2.07. The van der Waals surface area contributed by atoms with Gasteiger partial charge in [-0.1, -0.05) is 21.1 Å². The van der Waals surface area contributed by atoms with E-state index >= 15 is 0 Å². The first-order valence-electron chi connectivity index (χ1n) is 5.26. The molecule has 8 heteroatoms. The van der Waals surface area contributed by atoms with Gasteiger partial charge in [0.15, 0.2) is 0 Å². The zero-order valence-corrected chi connectivity index (χ0v) is 12.6. The number of alkyl halides is 4. The minimum atomic E-state index is -4.38. The molecule has 0 amide bonds. The van der Waals surface area contributed by atoms with Crippen LogP contribution >= 0.6 is 31.9 Å². The van der Waals surface area contributed by atoms with Crippen molar-refractivity contribution in [1.82, 2.24) is 15.0 Å². The molecule has 2 rings (SSSR count). The fraction of sp³-hybridized carbons (Fsp3) is 0.273. The zero-order valence-electron chi connectivity index (χ0n) is 9.46. The highest BCUT2D eigenvalue weighted by atomic mass is 79.9. The van der Waals surface area contributed by atoms with Crippen molar-refractivity contribution in [3.05, 3.63) is 40.1 Å². The number of benzene rings is 1. The molecule has 3 nitrogen and oxygen atoms in total. The molecule has 1 aromatic carbocycles. The summed E-state index contributed by atoms with van der Waals surface area (Å²) in [6.45, 7) is 0. The molecule has 0 unspecified atom stereocenters. The Morgan fingerprint density at radius 1 is 1.26 bits per heavy atom. The number of aryl methyl sites for hydroxylation is 1. The van der Waals surface area contributed by atoms with E-state index in [1.165, 1.54) is 10.7 Å². The quantitative estimate of drug-likeness (QED) is 0.732. The van der Waals surface area contributed by atoms with Gasteiger partial charge >= 0.3 is 6.18 Å². The zero-order chi connectivity index (χ0) is 14.0. The summed E-state index contributed by atoms with van der Waals surface area (Å²) in [5, 5.41) is 8.45. The van der Waals surface area contributed by atoms with Crippen LogP contribution in [0, 0.1) is 0 Å². The Bertz CT molecular complexity index is 581. The van der Waals surface area contributed by atoms with E-state index in [4.69, 9.17) is 0 Å². The third-order valence-electron chi connectivity index (χ3n) is 2.41. The summed E-state index contributed by atoms with van der Waals surface area (Å²) in [6.07, 6.45) is -2.10. The number of hydrogen-bond donors (Lipinski definition) is 0. The third kappa shape index (κ3) is 3.36. The monoisotopic (exact) mass is 397 g/mol. The van der Waals surface area contributed by atoms with Crippen LogP contribution < -0.4 is 0 Å². The third-order valence-corrected chi connectivity index (χ3v) is 3.48. The van der Waals surface area contributed by atoms with Crippen molar-refractivity contribution in [2.45, 2.75) is 12.6 Å². The predicted octanol–water partition coefficient (Wildman–Crippen LogP) is 3.99. The van der Waals surface area contributed by atoms with Crippen LogP contribution in [0.15, 0.2) is 28.9 Å². The van der Waals surface area contributed by atoms with Gasteiger partial charge in [0.2, 0.25) is 0 Å². The number of hydrogen-bond acceptors (Lipinski definition) is 2. The highest BCUT2D eigenvalue weighted by molar-refractivity contribution is 9.10. The molecule has 19 heavy (non-hydrogen) atoms. The second-order valence-electron chi connectivity index (χ2n) is 3.76. The van der Waals surface area contributed by atoms with E-state index in [-0.39, 0.29) is 0 Å². The average Bonchev–Trinajstić information content (AvgIpc) is 2.77. The van der Waals surface area contributed by atoms with Crippen molar-refractivity contribution in [3.63, 3.8) is 0 Å². The van der Waals surface area contributed by atoms with Gasteiger partial charge in [0.1, 0.15) is 0 Å². The molecule has 0 N–H and O–H groups in total. The van der Waals surface area contributed by atoms with Crippen LogP contribution in [0.5, 0.6) is 0 Å². The van der Waals surface area contributed by atoms with E-state index in [0.29, 0.717) is 22.3 Å². The van der Waals surface area contributed by atoms with Crippen molar-refractivity contribution in [3.8, 4) is 5.69 Å². The normalized spacial score (nSPS) is 11.8. The lowest BCUT2D eigenvalue weighted by Gasteiger charge is -2.10. The molecule has 0 aliphatic rings. The van der Waals surface area contributed by atoms with E-state index in [1.807, 2.05) is 0 Å². The molecule has 0 atom stereocenters. The molecule has 1 aromatic heterocycles. The SMILES string of the molecule is FC(F)(F)c1ccc(Br)c(-n2cc(CCBr)nn2)c1. The minimum Gasteiger partial charge on any atom is -0.219 e. The van der Waals surface area contributed by atoms with Gasteiger partial charge in [-0.2, -0.15) is 13.2 Å². The van der Waals surface area contributed by atoms with Crippen LogP contribution in [-0.2, 0) is 12.6 Å². The van der Waals surface area contributed by atoms with Gasteiger partial charge in [-0.05, 0) is 34.1 Å². The van der Waals surface area contributed by atoms with Gasteiger partial charge in [0.25, 0.3) is 0 Å². The smallest absolute Gasteiger partial charge is 0.219 e. The van der Waals surface area contributed by atoms with E-state index in [2.05, 4.69) is 42.2 Å². The van der Waals surface area contributed by atoms with Crippen molar-refractivity contribution < 1.29 is 13.2 Å². The first kappa shape index (κ1) is 14.5. The maximum absolute atomic E-state index is 12.7. The highest BCUT2D eigenvalue weighted by Gasteiger charge is 2.31. The number of halogens is 5. The first-order valence-corrected chi connectivity index (χ1v) is 7.17. The fourth-order valence-corrected chi connectivity index (χ4v) is 2.33. The lowest BCUT2D eigenvalue weighted by molar-refractivity contribution is -0.137. The molecule has 0 aliphatic heterocycles. The molecule has 0 fully saturated rings. The molecule has 2 aromatic rings. The second-order valence-corrected chi connectivity index (χ2v) is 5.40. The molecule has 0 aliphatic carbocycles. The molecular weight excluding hydrogens is 391 g/mol. The molecule has 0 saturated heterocycles. The van der Waals surface area contributed by atoms with Crippen LogP contribution in [-0.4, -0.2) is 20.3 Å². The number of rotatable bonds is 3. The van der Waals surface area contributed by atoms with E-state index in [9.17, 15) is 13.2 Å².